The van der Waals surface area contributed by atoms with Crippen molar-refractivity contribution in [3.8, 4) is 0 Å². The molecule has 1 heterocycles. The van der Waals surface area contributed by atoms with Crippen LogP contribution in [0, 0.1) is 0 Å². The molecule has 0 atom stereocenters. The largest absolute Gasteiger partial charge is 0.394 e. The Morgan fingerprint density at radius 3 is 2.94 bits per heavy atom. The Labute approximate surface area is 108 Å². The molecule has 0 unspecified atom stereocenters. The van der Waals surface area contributed by atoms with Gasteiger partial charge in [0.15, 0.2) is 5.82 Å². The lowest BCUT2D eigenvalue weighted by molar-refractivity contribution is 1.13. The highest BCUT2D eigenvalue weighted by molar-refractivity contribution is 9.10. The van der Waals surface area contributed by atoms with Gasteiger partial charge in [-0.05, 0) is 30.2 Å². The summed E-state index contributed by atoms with van der Waals surface area (Å²) in [5.41, 5.74) is 8.55. The van der Waals surface area contributed by atoms with Crippen LogP contribution in [0.15, 0.2) is 35.2 Å². The van der Waals surface area contributed by atoms with Gasteiger partial charge in [-0.25, -0.2) is 9.97 Å². The second kappa shape index (κ2) is 5.14. The van der Waals surface area contributed by atoms with Gasteiger partial charge in [-0.3, -0.25) is 0 Å². The highest BCUT2D eigenvalue weighted by Gasteiger charge is 2.05. The van der Waals surface area contributed by atoms with E-state index in [9.17, 15) is 0 Å². The molecule has 0 saturated carbocycles. The molecule has 0 aliphatic heterocycles. The van der Waals surface area contributed by atoms with Gasteiger partial charge in [-0.2, -0.15) is 0 Å². The van der Waals surface area contributed by atoms with Crippen LogP contribution in [0.2, 0.25) is 0 Å². The first-order valence-corrected chi connectivity index (χ1v) is 6.11. The Balaban J connectivity index is 2.33. The fourth-order valence-corrected chi connectivity index (χ4v) is 1.96. The van der Waals surface area contributed by atoms with Crippen LogP contribution in [0.5, 0.6) is 0 Å². The van der Waals surface area contributed by atoms with Gasteiger partial charge in [0.1, 0.15) is 6.33 Å². The molecule has 2 rings (SSSR count). The number of aromatic nitrogens is 2. The highest BCUT2D eigenvalue weighted by atomic mass is 79.9. The van der Waals surface area contributed by atoms with Crippen molar-refractivity contribution in [2.75, 3.05) is 11.1 Å². The summed E-state index contributed by atoms with van der Waals surface area (Å²) in [5.74, 6) is 0.636. The highest BCUT2D eigenvalue weighted by Crippen LogP contribution is 2.25. The zero-order valence-electron chi connectivity index (χ0n) is 9.44. The molecule has 0 bridgehead atoms. The van der Waals surface area contributed by atoms with Crippen molar-refractivity contribution in [1.29, 1.82) is 0 Å². The van der Waals surface area contributed by atoms with Gasteiger partial charge in [0.05, 0.1) is 11.9 Å². The fourth-order valence-electron chi connectivity index (χ4n) is 1.55. The molecule has 4 nitrogen and oxygen atoms in total. The number of hydrogen-bond donors (Lipinski definition) is 2. The van der Waals surface area contributed by atoms with Crippen LogP contribution in [-0.4, -0.2) is 9.97 Å². The Morgan fingerprint density at radius 2 is 2.24 bits per heavy atom. The van der Waals surface area contributed by atoms with Crippen molar-refractivity contribution in [2.45, 2.75) is 13.3 Å². The molecule has 1 aromatic heterocycles. The van der Waals surface area contributed by atoms with E-state index < -0.39 is 0 Å². The zero-order chi connectivity index (χ0) is 12.3. The number of nitrogens with two attached hydrogens (primary N) is 1. The molecule has 1 aromatic carbocycles. The van der Waals surface area contributed by atoms with Crippen LogP contribution >= 0.6 is 15.9 Å². The van der Waals surface area contributed by atoms with Gasteiger partial charge < -0.3 is 11.1 Å². The predicted molar refractivity (Wildman–Crippen MR) is 73.2 cm³/mol. The van der Waals surface area contributed by atoms with Crippen LogP contribution in [0.3, 0.4) is 0 Å². The smallest absolute Gasteiger partial charge is 0.157 e. The van der Waals surface area contributed by atoms with Crippen LogP contribution in [0.25, 0.3) is 0 Å². The third-order valence-electron chi connectivity index (χ3n) is 2.44. The molecular weight excluding hydrogens is 280 g/mol. The van der Waals surface area contributed by atoms with E-state index >= 15 is 0 Å². The van der Waals surface area contributed by atoms with Crippen LogP contribution in [0.1, 0.15) is 12.5 Å². The van der Waals surface area contributed by atoms with Crippen LogP contribution in [0.4, 0.5) is 17.2 Å². The summed E-state index contributed by atoms with van der Waals surface area (Å²) in [4.78, 5) is 7.97. The van der Waals surface area contributed by atoms with Crippen molar-refractivity contribution < 1.29 is 0 Å². The van der Waals surface area contributed by atoms with Crippen molar-refractivity contribution in [2.24, 2.45) is 0 Å². The molecule has 5 heteroatoms. The average Bonchev–Trinajstić information content (AvgIpc) is 2.34. The molecule has 0 radical (unpaired) electrons. The van der Waals surface area contributed by atoms with Gasteiger partial charge in [0, 0.05) is 10.2 Å². The minimum absolute atomic E-state index is 0.539. The number of nitrogens with one attached hydrogen (secondary N) is 1. The van der Waals surface area contributed by atoms with E-state index in [4.69, 9.17) is 5.73 Å². The first kappa shape index (κ1) is 11.9. The number of anilines is 3. The molecule has 3 N–H and O–H groups in total. The number of halogens is 1. The van der Waals surface area contributed by atoms with E-state index in [0.717, 1.165) is 16.6 Å². The molecule has 0 aliphatic carbocycles. The Hall–Kier alpha value is -1.62. The van der Waals surface area contributed by atoms with Gasteiger partial charge >= 0.3 is 0 Å². The molecule has 0 aliphatic rings. The standard InChI is InChI=1S/C12H13BrN4/c1-2-8-5-9(13)3-4-11(8)17-12-10(14)6-15-7-16-12/h3-7H,2,14H2,1H3,(H,15,16,17). The first-order valence-electron chi connectivity index (χ1n) is 5.31. The monoisotopic (exact) mass is 292 g/mol. The summed E-state index contributed by atoms with van der Waals surface area (Å²) in [5, 5.41) is 3.22. The van der Waals surface area contributed by atoms with Crippen LogP contribution in [-0.2, 0) is 6.42 Å². The number of rotatable bonds is 3. The molecule has 0 spiro atoms. The number of benzene rings is 1. The lowest BCUT2D eigenvalue weighted by atomic mass is 10.1. The molecule has 0 saturated heterocycles. The maximum atomic E-state index is 5.79. The van der Waals surface area contributed by atoms with Crippen molar-refractivity contribution in [3.05, 3.63) is 40.8 Å². The summed E-state index contributed by atoms with van der Waals surface area (Å²) in [6, 6.07) is 6.07. The summed E-state index contributed by atoms with van der Waals surface area (Å²) in [6.45, 7) is 2.11. The summed E-state index contributed by atoms with van der Waals surface area (Å²) in [7, 11) is 0. The molecule has 2 aromatic rings. The molecule has 0 fully saturated rings. The van der Waals surface area contributed by atoms with E-state index in [1.54, 1.807) is 6.20 Å². The average molecular weight is 293 g/mol. The minimum Gasteiger partial charge on any atom is -0.394 e. The maximum absolute atomic E-state index is 5.79. The molecule has 88 valence electrons. The molecule has 0 amide bonds. The Bertz CT molecular complexity index is 528. The maximum Gasteiger partial charge on any atom is 0.157 e. The predicted octanol–water partition coefficient (Wildman–Crippen LogP) is 3.13. The zero-order valence-corrected chi connectivity index (χ0v) is 11.0. The van der Waals surface area contributed by atoms with E-state index in [2.05, 4.69) is 44.2 Å². The fraction of sp³-hybridized carbons (Fsp3) is 0.167. The van der Waals surface area contributed by atoms with Gasteiger partial charge in [-0.15, -0.1) is 0 Å². The minimum atomic E-state index is 0.539. The van der Waals surface area contributed by atoms with E-state index in [-0.39, 0.29) is 0 Å². The lowest BCUT2D eigenvalue weighted by Gasteiger charge is -2.11. The number of nitrogen functional groups attached to an aromatic ring is 1. The number of nitrogens with zero attached hydrogens (tertiary/aromatic N) is 2. The first-order chi connectivity index (χ1) is 8.20. The van der Waals surface area contributed by atoms with E-state index in [1.165, 1.54) is 11.9 Å². The van der Waals surface area contributed by atoms with E-state index in [0.29, 0.717) is 11.5 Å². The SMILES string of the molecule is CCc1cc(Br)ccc1Nc1ncncc1N. The second-order valence-corrected chi connectivity index (χ2v) is 4.52. The lowest BCUT2D eigenvalue weighted by Crippen LogP contribution is -2.01. The van der Waals surface area contributed by atoms with Crippen molar-refractivity contribution >= 4 is 33.1 Å². The Morgan fingerprint density at radius 1 is 1.41 bits per heavy atom. The topological polar surface area (TPSA) is 63.8 Å². The van der Waals surface area contributed by atoms with Crippen LogP contribution < -0.4 is 11.1 Å². The Kier molecular flexibility index (Phi) is 3.58. The summed E-state index contributed by atoms with van der Waals surface area (Å²) < 4.78 is 1.07. The van der Waals surface area contributed by atoms with Gasteiger partial charge in [0.2, 0.25) is 0 Å². The second-order valence-electron chi connectivity index (χ2n) is 3.61. The third kappa shape index (κ3) is 2.74. The van der Waals surface area contributed by atoms with E-state index in [1.807, 2.05) is 12.1 Å². The molecular formula is C12H13BrN4. The van der Waals surface area contributed by atoms with Gasteiger partial charge in [0.25, 0.3) is 0 Å². The quantitative estimate of drug-likeness (QED) is 0.912. The van der Waals surface area contributed by atoms with Crippen molar-refractivity contribution in [1.82, 2.24) is 9.97 Å². The number of hydrogen-bond acceptors (Lipinski definition) is 4. The normalized spacial score (nSPS) is 10.2. The third-order valence-corrected chi connectivity index (χ3v) is 2.94. The van der Waals surface area contributed by atoms with Crippen molar-refractivity contribution in [3.63, 3.8) is 0 Å². The van der Waals surface area contributed by atoms with Gasteiger partial charge in [-0.1, -0.05) is 22.9 Å². The summed E-state index contributed by atoms with van der Waals surface area (Å²) >= 11 is 3.46. The number of aryl methyl sites for hydroxylation is 1. The summed E-state index contributed by atoms with van der Waals surface area (Å²) in [6.07, 6.45) is 4.00. The molecule has 17 heavy (non-hydrogen) atoms.